The summed E-state index contributed by atoms with van der Waals surface area (Å²) in [5.41, 5.74) is -0.826. The summed E-state index contributed by atoms with van der Waals surface area (Å²) in [6.45, 7) is 0.413. The Hall–Kier alpha value is -1.34. The molecule has 100 valence electrons. The minimum Gasteiger partial charge on any atom is -0.492 e. The van der Waals surface area contributed by atoms with Crippen molar-refractivity contribution in [1.29, 1.82) is 0 Å². The number of halogens is 2. The van der Waals surface area contributed by atoms with Gasteiger partial charge in [0.05, 0.1) is 11.0 Å². The zero-order valence-electron chi connectivity index (χ0n) is 9.73. The summed E-state index contributed by atoms with van der Waals surface area (Å²) >= 11 is 6.41. The Bertz CT molecular complexity index is 694. The number of nitrogens with one attached hydrogen (secondary N) is 1. The molecule has 0 fully saturated rings. The monoisotopic (exact) mass is 388 g/mol. The summed E-state index contributed by atoms with van der Waals surface area (Å²) in [7, 11) is 0. The molecule has 0 aliphatic rings. The van der Waals surface area contributed by atoms with Gasteiger partial charge < -0.3 is 9.72 Å². The van der Waals surface area contributed by atoms with Gasteiger partial charge in [-0.05, 0) is 34.1 Å². The Morgan fingerprint density at radius 3 is 2.79 bits per heavy atom. The Balaban J connectivity index is 2.06. The molecule has 2 rings (SSSR count). The van der Waals surface area contributed by atoms with Crippen LogP contribution >= 0.6 is 31.9 Å². The van der Waals surface area contributed by atoms with Crippen molar-refractivity contribution in [2.75, 3.05) is 6.61 Å². The molecule has 0 amide bonds. The van der Waals surface area contributed by atoms with Gasteiger partial charge in [-0.1, -0.05) is 22.0 Å². The molecule has 0 radical (unpaired) electrons. The van der Waals surface area contributed by atoms with Gasteiger partial charge in [-0.2, -0.15) is 0 Å². The van der Waals surface area contributed by atoms with E-state index in [-0.39, 0.29) is 18.7 Å². The van der Waals surface area contributed by atoms with Gasteiger partial charge in [0.25, 0.3) is 5.56 Å². The van der Waals surface area contributed by atoms with E-state index in [4.69, 9.17) is 4.74 Å². The number of H-pyrrole nitrogens is 1. The van der Waals surface area contributed by atoms with Crippen molar-refractivity contribution in [3.8, 4) is 5.75 Å². The lowest BCUT2D eigenvalue weighted by molar-refractivity contribution is 0.293. The van der Waals surface area contributed by atoms with Crippen LogP contribution in [-0.4, -0.2) is 16.2 Å². The molecule has 1 aromatic carbocycles. The first-order chi connectivity index (χ1) is 9.08. The lowest BCUT2D eigenvalue weighted by Gasteiger charge is -2.07. The first-order valence-corrected chi connectivity index (χ1v) is 7.03. The largest absolute Gasteiger partial charge is 0.492 e. The van der Waals surface area contributed by atoms with Crippen LogP contribution in [0.3, 0.4) is 0 Å². The van der Waals surface area contributed by atoms with Crippen molar-refractivity contribution < 1.29 is 4.74 Å². The Morgan fingerprint density at radius 2 is 2.05 bits per heavy atom. The van der Waals surface area contributed by atoms with E-state index < -0.39 is 5.69 Å². The van der Waals surface area contributed by atoms with Gasteiger partial charge in [-0.15, -0.1) is 0 Å². The summed E-state index contributed by atoms with van der Waals surface area (Å²) in [6, 6.07) is 7.35. The lowest BCUT2D eigenvalue weighted by atomic mass is 10.3. The average molecular weight is 390 g/mol. The fourth-order valence-corrected chi connectivity index (χ4v) is 2.21. The molecular formula is C12H10Br2N2O3. The molecule has 0 saturated carbocycles. The topological polar surface area (TPSA) is 64.1 Å². The van der Waals surface area contributed by atoms with Crippen molar-refractivity contribution >= 4 is 31.9 Å². The summed E-state index contributed by atoms with van der Waals surface area (Å²) in [5, 5.41) is 0. The molecular weight excluding hydrogens is 380 g/mol. The highest BCUT2D eigenvalue weighted by Crippen LogP contribution is 2.17. The Kier molecular flexibility index (Phi) is 4.60. The molecule has 0 atom stereocenters. The van der Waals surface area contributed by atoms with Gasteiger partial charge >= 0.3 is 5.69 Å². The summed E-state index contributed by atoms with van der Waals surface area (Å²) in [4.78, 5) is 25.7. The maximum absolute atomic E-state index is 11.7. The molecule has 1 aromatic heterocycles. The second-order valence-corrected chi connectivity index (χ2v) is 5.47. The zero-order valence-corrected chi connectivity index (χ0v) is 12.9. The molecule has 0 unspecified atom stereocenters. The molecule has 0 spiro atoms. The van der Waals surface area contributed by atoms with Crippen LogP contribution in [0.25, 0.3) is 0 Å². The number of aromatic nitrogens is 2. The standard InChI is InChI=1S/C12H10Br2N2O3/c13-8-2-1-3-9(6-8)19-5-4-16-11(17)10(14)7-15-12(16)18/h1-3,6-7H,4-5H2,(H,15,18). The maximum atomic E-state index is 11.7. The smallest absolute Gasteiger partial charge is 0.328 e. The van der Waals surface area contributed by atoms with Crippen molar-refractivity contribution in [3.05, 3.63) is 60.2 Å². The van der Waals surface area contributed by atoms with Gasteiger partial charge in [-0.25, -0.2) is 4.79 Å². The zero-order chi connectivity index (χ0) is 13.8. The predicted molar refractivity (Wildman–Crippen MR) is 78.7 cm³/mol. The summed E-state index contributed by atoms with van der Waals surface area (Å²) < 4.78 is 7.79. The second-order valence-electron chi connectivity index (χ2n) is 3.70. The number of ether oxygens (including phenoxy) is 1. The van der Waals surface area contributed by atoms with Gasteiger partial charge in [0.2, 0.25) is 0 Å². The number of aromatic amines is 1. The van der Waals surface area contributed by atoms with Gasteiger partial charge in [0.1, 0.15) is 12.4 Å². The molecule has 7 heteroatoms. The Morgan fingerprint density at radius 1 is 1.26 bits per heavy atom. The number of benzene rings is 1. The van der Waals surface area contributed by atoms with E-state index in [2.05, 4.69) is 36.8 Å². The van der Waals surface area contributed by atoms with Crippen LogP contribution in [0.1, 0.15) is 0 Å². The number of hydrogen-bond acceptors (Lipinski definition) is 3. The SMILES string of the molecule is O=c1[nH]cc(Br)c(=O)n1CCOc1cccc(Br)c1. The molecule has 0 aliphatic heterocycles. The minimum absolute atomic E-state index is 0.181. The quantitative estimate of drug-likeness (QED) is 0.871. The van der Waals surface area contributed by atoms with Crippen molar-refractivity contribution in [2.24, 2.45) is 0 Å². The predicted octanol–water partition coefficient (Wildman–Crippen LogP) is 2.14. The third-order valence-electron chi connectivity index (χ3n) is 2.40. The van der Waals surface area contributed by atoms with E-state index in [9.17, 15) is 9.59 Å². The molecule has 0 bridgehead atoms. The third kappa shape index (κ3) is 3.57. The summed E-state index contributed by atoms with van der Waals surface area (Å²) in [6.07, 6.45) is 1.33. The van der Waals surface area contributed by atoms with Crippen LogP contribution < -0.4 is 16.0 Å². The van der Waals surface area contributed by atoms with Crippen LogP contribution in [0.4, 0.5) is 0 Å². The van der Waals surface area contributed by atoms with Crippen LogP contribution in [0.5, 0.6) is 5.75 Å². The van der Waals surface area contributed by atoms with Crippen molar-refractivity contribution in [1.82, 2.24) is 9.55 Å². The highest BCUT2D eigenvalue weighted by molar-refractivity contribution is 9.10. The van der Waals surface area contributed by atoms with E-state index in [1.165, 1.54) is 6.20 Å². The van der Waals surface area contributed by atoms with Crippen molar-refractivity contribution in [2.45, 2.75) is 6.54 Å². The first kappa shape index (κ1) is 14.1. The van der Waals surface area contributed by atoms with Crippen molar-refractivity contribution in [3.63, 3.8) is 0 Å². The first-order valence-electron chi connectivity index (χ1n) is 5.44. The Labute approximate surface area is 125 Å². The fourth-order valence-electron chi connectivity index (χ4n) is 1.50. The number of nitrogens with zero attached hydrogens (tertiary/aromatic N) is 1. The van der Waals surface area contributed by atoms with Crippen LogP contribution in [0.2, 0.25) is 0 Å². The van der Waals surface area contributed by atoms with Crippen LogP contribution in [0.15, 0.2) is 49.0 Å². The normalized spacial score (nSPS) is 10.4. The maximum Gasteiger partial charge on any atom is 0.328 e. The van der Waals surface area contributed by atoms with E-state index in [0.29, 0.717) is 10.2 Å². The van der Waals surface area contributed by atoms with Gasteiger partial charge in [-0.3, -0.25) is 9.36 Å². The average Bonchev–Trinajstić information content (AvgIpc) is 2.38. The van der Waals surface area contributed by atoms with E-state index >= 15 is 0 Å². The van der Waals surface area contributed by atoms with E-state index in [0.717, 1.165) is 9.04 Å². The highest BCUT2D eigenvalue weighted by atomic mass is 79.9. The lowest BCUT2D eigenvalue weighted by Crippen LogP contribution is -2.36. The highest BCUT2D eigenvalue weighted by Gasteiger charge is 2.05. The molecule has 0 saturated heterocycles. The minimum atomic E-state index is -0.453. The number of hydrogen-bond donors (Lipinski definition) is 1. The van der Waals surface area contributed by atoms with Crippen LogP contribution in [0, 0.1) is 0 Å². The second kappa shape index (κ2) is 6.21. The third-order valence-corrected chi connectivity index (χ3v) is 3.46. The molecule has 19 heavy (non-hydrogen) atoms. The van der Waals surface area contributed by atoms with E-state index in [1.807, 2.05) is 18.2 Å². The van der Waals surface area contributed by atoms with Crippen LogP contribution in [-0.2, 0) is 6.54 Å². The molecule has 5 nitrogen and oxygen atoms in total. The summed E-state index contributed by atoms with van der Waals surface area (Å²) in [5.74, 6) is 0.675. The van der Waals surface area contributed by atoms with Gasteiger partial charge in [0.15, 0.2) is 0 Å². The molecule has 2 aromatic rings. The fraction of sp³-hybridized carbons (Fsp3) is 0.167. The van der Waals surface area contributed by atoms with E-state index in [1.54, 1.807) is 6.07 Å². The van der Waals surface area contributed by atoms with Gasteiger partial charge in [0, 0.05) is 10.7 Å². The molecule has 1 N–H and O–H groups in total. The molecule has 0 aliphatic carbocycles. The number of rotatable bonds is 4. The molecule has 1 heterocycles.